The second-order valence-corrected chi connectivity index (χ2v) is 6.93. The van der Waals surface area contributed by atoms with Crippen LogP contribution in [0.4, 0.5) is 0 Å². The maximum Gasteiger partial charge on any atom is 0.337 e. The van der Waals surface area contributed by atoms with E-state index in [1.54, 1.807) is 19.2 Å². The average Bonchev–Trinajstić information content (AvgIpc) is 3.30. The lowest BCUT2D eigenvalue weighted by atomic mass is 10.0. The molecule has 0 spiro atoms. The number of carbonyl (C=O) groups is 2. The number of ether oxygens (including phenoxy) is 3. The van der Waals surface area contributed by atoms with Gasteiger partial charge in [-0.1, -0.05) is 12.1 Å². The zero-order valence-corrected chi connectivity index (χ0v) is 17.8. The van der Waals surface area contributed by atoms with Crippen LogP contribution in [0.5, 0.6) is 5.75 Å². The van der Waals surface area contributed by atoms with E-state index >= 15 is 0 Å². The number of nitrogens with two attached hydrogens (primary N) is 1. The molecule has 0 unspecified atom stereocenters. The molecule has 1 heterocycles. The van der Waals surface area contributed by atoms with Gasteiger partial charge in [0.05, 0.1) is 39.0 Å². The van der Waals surface area contributed by atoms with Crippen LogP contribution in [0.2, 0.25) is 0 Å². The fourth-order valence-corrected chi connectivity index (χ4v) is 3.19. The smallest absolute Gasteiger partial charge is 0.337 e. The Morgan fingerprint density at radius 3 is 2.10 bits per heavy atom. The predicted molar refractivity (Wildman–Crippen MR) is 114 cm³/mol. The Bertz CT molecular complexity index is 1000. The topological polar surface area (TPSA) is 91.6 Å². The zero-order valence-electron chi connectivity index (χ0n) is 17.8. The number of carbonyl (C=O) groups excluding carboxylic acids is 2. The van der Waals surface area contributed by atoms with Crippen molar-refractivity contribution in [1.82, 2.24) is 0 Å². The van der Waals surface area contributed by atoms with Gasteiger partial charge >= 0.3 is 11.9 Å². The Labute approximate surface area is 180 Å². The van der Waals surface area contributed by atoms with Crippen LogP contribution in [-0.4, -0.2) is 39.8 Å². The van der Waals surface area contributed by atoms with Crippen molar-refractivity contribution < 1.29 is 33.5 Å². The van der Waals surface area contributed by atoms with Crippen LogP contribution in [0.1, 0.15) is 32.0 Å². The number of methoxy groups -OCH3 is 3. The maximum atomic E-state index is 12.0. The van der Waals surface area contributed by atoms with E-state index in [0.29, 0.717) is 17.9 Å². The summed E-state index contributed by atoms with van der Waals surface area (Å²) in [5, 5.41) is 2.16. The molecular formula is C24H26NO6+. The summed E-state index contributed by atoms with van der Waals surface area (Å²) in [4.78, 5) is 24.0. The molecular weight excluding hydrogens is 398 g/mol. The second kappa shape index (κ2) is 10.4. The van der Waals surface area contributed by atoms with Crippen molar-refractivity contribution in [3.63, 3.8) is 0 Å². The van der Waals surface area contributed by atoms with Crippen LogP contribution in [0, 0.1) is 0 Å². The van der Waals surface area contributed by atoms with E-state index in [4.69, 9.17) is 18.6 Å². The van der Waals surface area contributed by atoms with Gasteiger partial charge in [-0.25, -0.2) is 9.59 Å². The normalized spacial score (nSPS) is 10.5. The maximum absolute atomic E-state index is 12.0. The number of esters is 2. The van der Waals surface area contributed by atoms with E-state index in [9.17, 15) is 9.59 Å². The molecule has 0 aliphatic rings. The summed E-state index contributed by atoms with van der Waals surface area (Å²) < 4.78 is 20.7. The molecule has 0 amide bonds. The average molecular weight is 424 g/mol. The molecule has 1 aromatic heterocycles. The van der Waals surface area contributed by atoms with Gasteiger partial charge in [-0.15, -0.1) is 0 Å². The van der Waals surface area contributed by atoms with Crippen LogP contribution in [0.25, 0.3) is 11.3 Å². The first-order chi connectivity index (χ1) is 15.0. The van der Waals surface area contributed by atoms with Crippen molar-refractivity contribution in [3.8, 4) is 17.1 Å². The van der Waals surface area contributed by atoms with Crippen LogP contribution < -0.4 is 10.1 Å². The SMILES string of the molecule is COC(=O)c1cc(C(=O)OC)cc(-c2ccc(C[NH2+]CCc3ccc(OC)cc3)o2)c1. The molecule has 2 aromatic carbocycles. The van der Waals surface area contributed by atoms with Crippen molar-refractivity contribution in [1.29, 1.82) is 0 Å². The van der Waals surface area contributed by atoms with E-state index in [-0.39, 0.29) is 11.1 Å². The Morgan fingerprint density at radius 2 is 1.52 bits per heavy atom. The highest BCUT2D eigenvalue weighted by Crippen LogP contribution is 2.25. The molecule has 0 aliphatic heterocycles. The monoisotopic (exact) mass is 424 g/mol. The van der Waals surface area contributed by atoms with Crippen molar-refractivity contribution in [2.45, 2.75) is 13.0 Å². The highest BCUT2D eigenvalue weighted by Gasteiger charge is 2.16. The minimum atomic E-state index is -0.536. The molecule has 0 saturated heterocycles. The minimum Gasteiger partial charge on any atom is -0.497 e. The molecule has 0 atom stereocenters. The third-order valence-electron chi connectivity index (χ3n) is 4.86. The van der Waals surface area contributed by atoms with E-state index in [1.807, 2.05) is 24.3 Å². The fourth-order valence-electron chi connectivity index (χ4n) is 3.19. The summed E-state index contributed by atoms with van der Waals surface area (Å²) in [6, 6.07) is 16.5. The molecule has 7 nitrogen and oxygen atoms in total. The van der Waals surface area contributed by atoms with Crippen molar-refractivity contribution in [3.05, 3.63) is 77.0 Å². The second-order valence-electron chi connectivity index (χ2n) is 6.93. The van der Waals surface area contributed by atoms with Gasteiger partial charge in [0, 0.05) is 12.0 Å². The van der Waals surface area contributed by atoms with Gasteiger partial charge in [-0.3, -0.25) is 0 Å². The van der Waals surface area contributed by atoms with Gasteiger partial charge in [-0.05, 0) is 48.0 Å². The Balaban J connectivity index is 1.65. The number of hydrogen-bond donors (Lipinski definition) is 1. The molecule has 3 aromatic rings. The lowest BCUT2D eigenvalue weighted by Gasteiger charge is -2.06. The Morgan fingerprint density at radius 1 is 0.871 bits per heavy atom. The Kier molecular flexibility index (Phi) is 7.45. The molecule has 0 bridgehead atoms. The lowest BCUT2D eigenvalue weighted by Crippen LogP contribution is -2.83. The molecule has 0 aliphatic carbocycles. The summed E-state index contributed by atoms with van der Waals surface area (Å²) in [6.45, 7) is 1.59. The van der Waals surface area contributed by atoms with E-state index in [2.05, 4.69) is 17.4 Å². The van der Waals surface area contributed by atoms with Gasteiger partial charge < -0.3 is 23.9 Å². The summed E-state index contributed by atoms with van der Waals surface area (Å²) in [5.74, 6) is 1.14. The largest absolute Gasteiger partial charge is 0.497 e. The highest BCUT2D eigenvalue weighted by molar-refractivity contribution is 5.97. The number of furan rings is 1. The molecule has 2 N–H and O–H groups in total. The van der Waals surface area contributed by atoms with Crippen LogP contribution in [0.15, 0.2) is 59.0 Å². The van der Waals surface area contributed by atoms with Crippen molar-refractivity contribution in [2.24, 2.45) is 0 Å². The van der Waals surface area contributed by atoms with Gasteiger partial charge in [0.2, 0.25) is 0 Å². The van der Waals surface area contributed by atoms with E-state index in [0.717, 1.165) is 24.5 Å². The van der Waals surface area contributed by atoms with Crippen LogP contribution in [0.3, 0.4) is 0 Å². The molecule has 162 valence electrons. The summed E-state index contributed by atoms with van der Waals surface area (Å²) in [7, 11) is 4.24. The Hall–Kier alpha value is -3.58. The number of quaternary nitrogens is 1. The van der Waals surface area contributed by atoms with Crippen molar-refractivity contribution >= 4 is 11.9 Å². The van der Waals surface area contributed by atoms with E-state index in [1.165, 1.54) is 25.8 Å². The molecule has 0 saturated carbocycles. The third-order valence-corrected chi connectivity index (χ3v) is 4.86. The van der Waals surface area contributed by atoms with Gasteiger partial charge in [0.25, 0.3) is 0 Å². The standard InChI is InChI=1S/C24H25NO6/c1-28-20-6-4-16(5-7-20)10-11-25-15-21-8-9-22(31-21)17-12-18(23(26)29-2)14-19(13-17)24(27)30-3/h4-9,12-14,25H,10-11,15H2,1-3H3/p+1. The molecule has 0 radical (unpaired) electrons. The number of hydrogen-bond acceptors (Lipinski definition) is 6. The van der Waals surface area contributed by atoms with Gasteiger partial charge in [0.1, 0.15) is 18.1 Å². The fraction of sp³-hybridized carbons (Fsp3) is 0.250. The quantitative estimate of drug-likeness (QED) is 0.420. The first kappa shape index (κ1) is 22.1. The van der Waals surface area contributed by atoms with Crippen LogP contribution in [-0.2, 0) is 22.4 Å². The molecule has 31 heavy (non-hydrogen) atoms. The minimum absolute atomic E-state index is 0.254. The molecule has 3 rings (SSSR count). The van der Waals surface area contributed by atoms with Gasteiger partial charge in [-0.2, -0.15) is 0 Å². The number of rotatable bonds is 9. The van der Waals surface area contributed by atoms with Crippen LogP contribution >= 0.6 is 0 Å². The summed E-state index contributed by atoms with van der Waals surface area (Å²) in [5.41, 5.74) is 2.36. The lowest BCUT2D eigenvalue weighted by molar-refractivity contribution is -0.671. The number of benzene rings is 2. The van der Waals surface area contributed by atoms with Gasteiger partial charge in [0.15, 0.2) is 5.76 Å². The predicted octanol–water partition coefficient (Wildman–Crippen LogP) is 2.83. The summed E-state index contributed by atoms with van der Waals surface area (Å²) in [6.07, 6.45) is 0.932. The van der Waals surface area contributed by atoms with Crippen molar-refractivity contribution in [2.75, 3.05) is 27.9 Å². The van der Waals surface area contributed by atoms with E-state index < -0.39 is 11.9 Å². The zero-order chi connectivity index (χ0) is 22.2. The highest BCUT2D eigenvalue weighted by atomic mass is 16.5. The third kappa shape index (κ3) is 5.73. The molecule has 0 fully saturated rings. The summed E-state index contributed by atoms with van der Waals surface area (Å²) >= 11 is 0. The first-order valence-corrected chi connectivity index (χ1v) is 9.89. The first-order valence-electron chi connectivity index (χ1n) is 9.89. The molecule has 7 heteroatoms.